The van der Waals surface area contributed by atoms with Crippen molar-refractivity contribution in [3.05, 3.63) is 125 Å². The summed E-state index contributed by atoms with van der Waals surface area (Å²) in [5.74, 6) is -0.861. The standard InChI is InChI=1S/C32H28F3N3O2/c33-32(34,35)21-37-30(40)31(27-12-6-4-10-25(27)26-11-5-7-13-28(26)31)18-19-36-20-22-14-16-24(17-15-22)38-29(39)23-8-2-1-3-9-23/h1-17,36H,18-21H2,(H,37,40)(H,38,39). The van der Waals surface area contributed by atoms with Crippen LogP contribution >= 0.6 is 0 Å². The normalized spacial score (nSPS) is 13.3. The van der Waals surface area contributed by atoms with Crippen molar-refractivity contribution in [2.45, 2.75) is 24.6 Å². The van der Waals surface area contributed by atoms with Gasteiger partial charge in [0.15, 0.2) is 0 Å². The molecule has 3 N–H and O–H groups in total. The largest absolute Gasteiger partial charge is 0.405 e. The van der Waals surface area contributed by atoms with E-state index < -0.39 is 24.0 Å². The minimum atomic E-state index is -4.51. The number of carbonyl (C=O) groups excluding carboxylic acids is 2. The Morgan fingerprint density at radius 1 is 0.725 bits per heavy atom. The smallest absolute Gasteiger partial charge is 0.346 e. The Kier molecular flexibility index (Phi) is 7.71. The molecule has 40 heavy (non-hydrogen) atoms. The van der Waals surface area contributed by atoms with Gasteiger partial charge in [0.1, 0.15) is 12.0 Å². The molecular weight excluding hydrogens is 515 g/mol. The Morgan fingerprint density at radius 2 is 1.30 bits per heavy atom. The zero-order valence-corrected chi connectivity index (χ0v) is 21.6. The van der Waals surface area contributed by atoms with Crippen molar-refractivity contribution >= 4 is 17.5 Å². The van der Waals surface area contributed by atoms with Gasteiger partial charge in [-0.05, 0) is 65.0 Å². The summed E-state index contributed by atoms with van der Waals surface area (Å²) in [7, 11) is 0. The molecule has 4 aromatic carbocycles. The number of anilines is 1. The topological polar surface area (TPSA) is 70.2 Å². The molecule has 0 unspecified atom stereocenters. The molecule has 5 rings (SSSR count). The highest BCUT2D eigenvalue weighted by atomic mass is 19.4. The lowest BCUT2D eigenvalue weighted by Gasteiger charge is -2.31. The Bertz CT molecular complexity index is 1460. The Hall–Kier alpha value is -4.43. The van der Waals surface area contributed by atoms with Gasteiger partial charge >= 0.3 is 6.18 Å². The molecule has 8 heteroatoms. The molecule has 0 heterocycles. The highest BCUT2D eigenvalue weighted by molar-refractivity contribution is 6.04. The lowest BCUT2D eigenvalue weighted by atomic mass is 9.74. The lowest BCUT2D eigenvalue weighted by Crippen LogP contribution is -2.48. The predicted octanol–water partition coefficient (Wildman–Crippen LogP) is 6.06. The van der Waals surface area contributed by atoms with Crippen molar-refractivity contribution in [1.82, 2.24) is 10.6 Å². The second-order valence-electron chi connectivity index (χ2n) is 9.74. The van der Waals surface area contributed by atoms with E-state index in [0.29, 0.717) is 35.5 Å². The molecule has 5 nitrogen and oxygen atoms in total. The molecular formula is C32H28F3N3O2. The summed E-state index contributed by atoms with van der Waals surface area (Å²) in [5, 5.41) is 8.36. The van der Waals surface area contributed by atoms with E-state index in [4.69, 9.17) is 0 Å². The number of fused-ring (bicyclic) bond motifs is 3. The van der Waals surface area contributed by atoms with Gasteiger partial charge in [0.05, 0.1) is 0 Å². The third kappa shape index (κ3) is 5.62. The van der Waals surface area contributed by atoms with Crippen LogP contribution in [0.3, 0.4) is 0 Å². The molecule has 0 aromatic heterocycles. The Labute approximate surface area is 230 Å². The van der Waals surface area contributed by atoms with Crippen molar-refractivity contribution in [3.63, 3.8) is 0 Å². The van der Waals surface area contributed by atoms with Crippen molar-refractivity contribution in [3.8, 4) is 11.1 Å². The molecule has 2 amide bonds. The van der Waals surface area contributed by atoms with Crippen LogP contribution in [0.5, 0.6) is 0 Å². The van der Waals surface area contributed by atoms with Gasteiger partial charge in [0.2, 0.25) is 5.91 Å². The van der Waals surface area contributed by atoms with Crippen LogP contribution in [-0.2, 0) is 16.8 Å². The van der Waals surface area contributed by atoms with Crippen molar-refractivity contribution in [1.29, 1.82) is 0 Å². The van der Waals surface area contributed by atoms with Gasteiger partial charge < -0.3 is 16.0 Å². The highest BCUT2D eigenvalue weighted by Crippen LogP contribution is 2.50. The minimum absolute atomic E-state index is 0.197. The fourth-order valence-electron chi connectivity index (χ4n) is 5.29. The molecule has 0 radical (unpaired) electrons. The lowest BCUT2D eigenvalue weighted by molar-refractivity contribution is -0.141. The zero-order chi connectivity index (χ0) is 28.2. The zero-order valence-electron chi connectivity index (χ0n) is 21.6. The number of carbonyl (C=O) groups is 2. The van der Waals surface area contributed by atoms with Crippen LogP contribution in [0.4, 0.5) is 18.9 Å². The van der Waals surface area contributed by atoms with Gasteiger partial charge in [0, 0.05) is 17.8 Å². The fraction of sp³-hybridized carbons (Fsp3) is 0.188. The van der Waals surface area contributed by atoms with Crippen molar-refractivity contribution < 1.29 is 22.8 Å². The van der Waals surface area contributed by atoms with E-state index in [1.807, 2.05) is 78.9 Å². The maximum atomic E-state index is 13.6. The number of benzene rings is 4. The quantitative estimate of drug-likeness (QED) is 0.225. The second kappa shape index (κ2) is 11.4. The van der Waals surface area contributed by atoms with Gasteiger partial charge in [-0.15, -0.1) is 0 Å². The van der Waals surface area contributed by atoms with Gasteiger partial charge in [-0.25, -0.2) is 0 Å². The van der Waals surface area contributed by atoms with Gasteiger partial charge in [-0.3, -0.25) is 9.59 Å². The molecule has 0 aliphatic heterocycles. The molecule has 4 aromatic rings. The molecule has 1 aliphatic rings. The van der Waals surface area contributed by atoms with E-state index in [2.05, 4.69) is 16.0 Å². The summed E-state index contributed by atoms with van der Waals surface area (Å²) in [6.45, 7) is -0.524. The van der Waals surface area contributed by atoms with Crippen LogP contribution in [0.2, 0.25) is 0 Å². The van der Waals surface area contributed by atoms with Gasteiger partial charge in [-0.2, -0.15) is 13.2 Å². The summed E-state index contributed by atoms with van der Waals surface area (Å²) in [5.41, 5.74) is 4.06. The molecule has 0 saturated heterocycles. The molecule has 0 bridgehead atoms. The number of hydrogen-bond acceptors (Lipinski definition) is 3. The van der Waals surface area contributed by atoms with Crippen LogP contribution in [-0.4, -0.2) is 31.1 Å². The van der Waals surface area contributed by atoms with E-state index in [1.54, 1.807) is 24.3 Å². The number of nitrogens with one attached hydrogen (secondary N) is 3. The van der Waals surface area contributed by atoms with Gasteiger partial charge in [-0.1, -0.05) is 78.9 Å². The van der Waals surface area contributed by atoms with E-state index in [0.717, 1.165) is 16.7 Å². The monoisotopic (exact) mass is 543 g/mol. The third-order valence-corrected chi connectivity index (χ3v) is 7.15. The number of hydrogen-bond donors (Lipinski definition) is 3. The average molecular weight is 544 g/mol. The number of amides is 2. The van der Waals surface area contributed by atoms with Crippen LogP contribution < -0.4 is 16.0 Å². The maximum absolute atomic E-state index is 13.6. The van der Waals surface area contributed by atoms with E-state index in [9.17, 15) is 22.8 Å². The first-order chi connectivity index (χ1) is 19.3. The first kappa shape index (κ1) is 27.1. The van der Waals surface area contributed by atoms with E-state index in [-0.39, 0.29) is 12.3 Å². The summed E-state index contributed by atoms with van der Waals surface area (Å²) in [6.07, 6.45) is -4.24. The molecule has 0 atom stereocenters. The Balaban J connectivity index is 1.29. The maximum Gasteiger partial charge on any atom is 0.405 e. The minimum Gasteiger partial charge on any atom is -0.346 e. The van der Waals surface area contributed by atoms with Gasteiger partial charge in [0.25, 0.3) is 5.91 Å². The first-order valence-corrected chi connectivity index (χ1v) is 13.0. The molecule has 0 spiro atoms. The van der Waals surface area contributed by atoms with Crippen LogP contribution in [0.15, 0.2) is 103 Å². The molecule has 0 saturated carbocycles. The molecule has 0 fully saturated rings. The van der Waals surface area contributed by atoms with Crippen LogP contribution in [0.25, 0.3) is 11.1 Å². The SMILES string of the molecule is O=C(Nc1ccc(CNCCC2(C(=O)NCC(F)(F)F)c3ccccc3-c3ccccc32)cc1)c1ccccc1. The molecule has 204 valence electrons. The predicted molar refractivity (Wildman–Crippen MR) is 149 cm³/mol. The summed E-state index contributed by atoms with van der Waals surface area (Å²) >= 11 is 0. The van der Waals surface area contributed by atoms with E-state index >= 15 is 0 Å². The van der Waals surface area contributed by atoms with Crippen molar-refractivity contribution in [2.75, 3.05) is 18.4 Å². The summed E-state index contributed by atoms with van der Waals surface area (Å²) in [6, 6.07) is 31.1. The summed E-state index contributed by atoms with van der Waals surface area (Å²) in [4.78, 5) is 25.9. The second-order valence-corrected chi connectivity index (χ2v) is 9.74. The van der Waals surface area contributed by atoms with Crippen LogP contribution in [0.1, 0.15) is 33.5 Å². The first-order valence-electron chi connectivity index (χ1n) is 13.0. The highest BCUT2D eigenvalue weighted by Gasteiger charge is 2.49. The average Bonchev–Trinajstić information content (AvgIpc) is 3.26. The van der Waals surface area contributed by atoms with Crippen molar-refractivity contribution in [2.24, 2.45) is 0 Å². The van der Waals surface area contributed by atoms with Crippen LogP contribution in [0, 0.1) is 0 Å². The molecule has 1 aliphatic carbocycles. The fourth-order valence-corrected chi connectivity index (χ4v) is 5.29. The number of halogens is 3. The Morgan fingerprint density at radius 3 is 1.90 bits per heavy atom. The third-order valence-electron chi connectivity index (χ3n) is 7.15. The number of alkyl halides is 3. The van der Waals surface area contributed by atoms with E-state index in [1.165, 1.54) is 0 Å². The summed E-state index contributed by atoms with van der Waals surface area (Å²) < 4.78 is 39.1. The number of rotatable bonds is 9.